The van der Waals surface area contributed by atoms with Gasteiger partial charge in [0.1, 0.15) is 0 Å². The van der Waals surface area contributed by atoms with E-state index >= 15 is 0 Å². The molecule has 1 aliphatic carbocycles. The highest BCUT2D eigenvalue weighted by Crippen LogP contribution is 2.63. The molecule has 8 rings (SSSR count). The van der Waals surface area contributed by atoms with Gasteiger partial charge < -0.3 is 9.32 Å². The van der Waals surface area contributed by atoms with Crippen molar-refractivity contribution in [1.82, 2.24) is 0 Å². The fraction of sp³-hybridized carbons (Fsp3) is 0.0571. The molecule has 0 radical (unpaired) electrons. The van der Waals surface area contributed by atoms with Crippen LogP contribution in [0.1, 0.15) is 27.8 Å². The van der Waals surface area contributed by atoms with Gasteiger partial charge in [0.05, 0.1) is 28.4 Å². The maximum Gasteiger partial charge on any atom is 0.343 e. The average Bonchev–Trinajstić information content (AvgIpc) is 3.27. The first-order valence-electron chi connectivity index (χ1n) is 12.9. The maximum absolute atomic E-state index is 12.4. The standard InChI is InChI=1S/C35H23NO2/c1-22-21-38-34(37)26-19-18-23(20-27(22)26)36-32-16-8-6-14-30(32)35(31-15-7-9-17-33(31)36)28-12-4-2-10-24(28)25-11-3-5-13-29(25)35/h2-21H,1H3. The summed E-state index contributed by atoms with van der Waals surface area (Å²) in [5.74, 6) is 0. The molecule has 0 fully saturated rings. The number of nitrogens with zero attached hydrogens (tertiary/aromatic N) is 1. The highest BCUT2D eigenvalue weighted by molar-refractivity contribution is 5.97. The Morgan fingerprint density at radius 1 is 0.605 bits per heavy atom. The van der Waals surface area contributed by atoms with Crippen LogP contribution >= 0.6 is 0 Å². The monoisotopic (exact) mass is 489 g/mol. The van der Waals surface area contributed by atoms with Crippen LogP contribution < -0.4 is 10.5 Å². The zero-order chi connectivity index (χ0) is 25.4. The number of anilines is 3. The van der Waals surface area contributed by atoms with Crippen molar-refractivity contribution in [2.24, 2.45) is 0 Å². The summed E-state index contributed by atoms with van der Waals surface area (Å²) in [5.41, 5.74) is 11.2. The first-order valence-corrected chi connectivity index (χ1v) is 12.9. The van der Waals surface area contributed by atoms with E-state index in [2.05, 4.69) is 108 Å². The second kappa shape index (κ2) is 7.56. The Kier molecular flexibility index (Phi) is 4.22. The zero-order valence-electron chi connectivity index (χ0n) is 20.8. The third kappa shape index (κ3) is 2.55. The van der Waals surface area contributed by atoms with E-state index in [0.29, 0.717) is 5.39 Å². The molecule has 1 aliphatic heterocycles. The summed E-state index contributed by atoms with van der Waals surface area (Å²) in [6, 6.07) is 41.2. The molecule has 5 aromatic carbocycles. The van der Waals surface area contributed by atoms with Gasteiger partial charge in [-0.25, -0.2) is 4.79 Å². The summed E-state index contributed by atoms with van der Waals surface area (Å²) in [4.78, 5) is 14.8. The van der Waals surface area contributed by atoms with E-state index in [4.69, 9.17) is 4.42 Å². The number of para-hydroxylation sites is 2. The minimum atomic E-state index is -0.426. The molecule has 6 aromatic rings. The van der Waals surface area contributed by atoms with Gasteiger partial charge in [-0.15, -0.1) is 0 Å². The quantitative estimate of drug-likeness (QED) is 0.233. The van der Waals surface area contributed by atoms with Crippen LogP contribution in [0.3, 0.4) is 0 Å². The predicted molar refractivity (Wildman–Crippen MR) is 153 cm³/mol. The topological polar surface area (TPSA) is 33.5 Å². The van der Waals surface area contributed by atoms with Gasteiger partial charge in [0.2, 0.25) is 0 Å². The van der Waals surface area contributed by atoms with Gasteiger partial charge >= 0.3 is 5.63 Å². The van der Waals surface area contributed by atoms with E-state index in [1.54, 1.807) is 6.26 Å². The Labute approximate surface area is 220 Å². The molecule has 0 amide bonds. The summed E-state index contributed by atoms with van der Waals surface area (Å²) in [7, 11) is 0. The van der Waals surface area contributed by atoms with E-state index in [-0.39, 0.29) is 5.63 Å². The average molecular weight is 490 g/mol. The van der Waals surface area contributed by atoms with Crippen LogP contribution in [0.25, 0.3) is 21.9 Å². The number of fused-ring (bicyclic) bond motifs is 10. The second-order valence-corrected chi connectivity index (χ2v) is 10.1. The van der Waals surface area contributed by atoms with Gasteiger partial charge in [-0.2, -0.15) is 0 Å². The Morgan fingerprint density at radius 3 is 1.74 bits per heavy atom. The summed E-state index contributed by atoms with van der Waals surface area (Å²) >= 11 is 0. The van der Waals surface area contributed by atoms with Crippen molar-refractivity contribution in [2.45, 2.75) is 12.3 Å². The molecule has 0 bridgehead atoms. The fourth-order valence-electron chi connectivity index (χ4n) is 6.78. The second-order valence-electron chi connectivity index (χ2n) is 10.1. The molecule has 0 N–H and O–H groups in total. The van der Waals surface area contributed by atoms with Gasteiger partial charge in [0.25, 0.3) is 0 Å². The molecular weight excluding hydrogens is 466 g/mol. The van der Waals surface area contributed by atoms with Crippen molar-refractivity contribution in [3.8, 4) is 11.1 Å². The van der Waals surface area contributed by atoms with E-state index in [1.807, 2.05) is 19.1 Å². The molecular formula is C35H23NO2. The summed E-state index contributed by atoms with van der Waals surface area (Å²) in [6.07, 6.45) is 1.55. The van der Waals surface area contributed by atoms with Crippen molar-refractivity contribution >= 4 is 27.8 Å². The van der Waals surface area contributed by atoms with E-state index in [1.165, 1.54) is 33.4 Å². The van der Waals surface area contributed by atoms with Gasteiger partial charge in [0.15, 0.2) is 0 Å². The smallest absolute Gasteiger partial charge is 0.343 e. The Morgan fingerprint density at radius 2 is 1.13 bits per heavy atom. The molecule has 2 aliphatic rings. The molecule has 0 saturated carbocycles. The van der Waals surface area contributed by atoms with Gasteiger partial charge in [-0.1, -0.05) is 84.9 Å². The van der Waals surface area contributed by atoms with E-state index in [0.717, 1.165) is 28.0 Å². The molecule has 180 valence electrons. The van der Waals surface area contributed by atoms with Crippen LogP contribution in [0, 0.1) is 6.92 Å². The molecule has 2 heterocycles. The van der Waals surface area contributed by atoms with Crippen LogP contribution in [-0.4, -0.2) is 0 Å². The highest BCUT2D eigenvalue weighted by atomic mass is 16.4. The van der Waals surface area contributed by atoms with Crippen molar-refractivity contribution in [1.29, 1.82) is 0 Å². The lowest BCUT2D eigenvalue weighted by Gasteiger charge is -2.45. The zero-order valence-corrected chi connectivity index (χ0v) is 20.8. The summed E-state index contributed by atoms with van der Waals surface area (Å²) < 4.78 is 5.23. The molecule has 3 heteroatoms. The molecule has 3 nitrogen and oxygen atoms in total. The lowest BCUT2D eigenvalue weighted by molar-refractivity contribution is 0.516. The molecule has 1 spiro atoms. The third-order valence-electron chi connectivity index (χ3n) is 8.30. The van der Waals surface area contributed by atoms with Crippen molar-refractivity contribution in [3.05, 3.63) is 160 Å². The van der Waals surface area contributed by atoms with E-state index in [9.17, 15) is 4.79 Å². The number of aryl methyl sites for hydroxylation is 1. The summed E-state index contributed by atoms with van der Waals surface area (Å²) in [5, 5.41) is 1.51. The maximum atomic E-state index is 12.4. The van der Waals surface area contributed by atoms with E-state index < -0.39 is 5.41 Å². The van der Waals surface area contributed by atoms with Crippen molar-refractivity contribution in [2.75, 3.05) is 4.90 Å². The number of hydrogen-bond donors (Lipinski definition) is 0. The van der Waals surface area contributed by atoms with Crippen molar-refractivity contribution < 1.29 is 4.42 Å². The molecule has 0 atom stereocenters. The Hall–Kier alpha value is -4.89. The number of hydrogen-bond acceptors (Lipinski definition) is 3. The first-order chi connectivity index (χ1) is 18.7. The molecule has 0 unspecified atom stereocenters. The van der Waals surface area contributed by atoms with Crippen molar-refractivity contribution in [3.63, 3.8) is 0 Å². The third-order valence-corrected chi connectivity index (χ3v) is 8.30. The summed E-state index contributed by atoms with van der Waals surface area (Å²) in [6.45, 7) is 1.98. The van der Waals surface area contributed by atoms with Crippen LogP contribution in [0.15, 0.2) is 131 Å². The Balaban J connectivity index is 1.50. The molecule has 0 saturated heterocycles. The van der Waals surface area contributed by atoms with Gasteiger partial charge in [-0.3, -0.25) is 0 Å². The van der Waals surface area contributed by atoms with Crippen LogP contribution in [-0.2, 0) is 5.41 Å². The lowest BCUT2D eigenvalue weighted by atomic mass is 9.64. The SMILES string of the molecule is Cc1coc(=O)c2ccc(N3c4ccccc4C4(c5ccccc5-c5ccccc54)c4ccccc43)cc12. The van der Waals surface area contributed by atoms with Crippen LogP contribution in [0.5, 0.6) is 0 Å². The minimum absolute atomic E-state index is 0.310. The largest absolute Gasteiger partial charge is 0.431 e. The Bertz CT molecular complexity index is 1890. The first kappa shape index (κ1) is 21.2. The lowest BCUT2D eigenvalue weighted by Crippen LogP contribution is -2.36. The molecule has 1 aromatic heterocycles. The number of benzene rings is 5. The van der Waals surface area contributed by atoms with Gasteiger partial charge in [0, 0.05) is 5.69 Å². The van der Waals surface area contributed by atoms with Crippen LogP contribution in [0.4, 0.5) is 17.1 Å². The normalized spacial score (nSPS) is 14.2. The van der Waals surface area contributed by atoms with Gasteiger partial charge in [-0.05, 0) is 81.6 Å². The van der Waals surface area contributed by atoms with Crippen LogP contribution in [0.2, 0.25) is 0 Å². The predicted octanol–water partition coefficient (Wildman–Crippen LogP) is 8.25. The minimum Gasteiger partial charge on any atom is -0.431 e. The molecule has 38 heavy (non-hydrogen) atoms. The number of rotatable bonds is 1. The highest BCUT2D eigenvalue weighted by Gasteiger charge is 2.51. The fourth-order valence-corrected chi connectivity index (χ4v) is 6.78.